The number of carbonyl (C=O) groups excluding carboxylic acids is 1. The Morgan fingerprint density at radius 2 is 1.74 bits per heavy atom. The smallest absolute Gasteiger partial charge is 0.323 e. The SMILES string of the molecule is CC1CCN(C(=O)N(CC(=O)O)CC(=O)O)CC1O. The summed E-state index contributed by atoms with van der Waals surface area (Å²) in [6.07, 6.45) is -0.0739. The number of hydrogen-bond acceptors (Lipinski definition) is 4. The van der Waals surface area contributed by atoms with Gasteiger partial charge < -0.3 is 25.1 Å². The third kappa shape index (κ3) is 4.40. The molecule has 2 unspecified atom stereocenters. The van der Waals surface area contributed by atoms with E-state index in [1.165, 1.54) is 4.90 Å². The van der Waals surface area contributed by atoms with Crippen LogP contribution in [0, 0.1) is 5.92 Å². The van der Waals surface area contributed by atoms with Crippen molar-refractivity contribution >= 4 is 18.0 Å². The first kappa shape index (κ1) is 15.2. The number of nitrogens with zero attached hydrogens (tertiary/aromatic N) is 2. The molecule has 0 aliphatic carbocycles. The van der Waals surface area contributed by atoms with Crippen molar-refractivity contribution in [2.45, 2.75) is 19.4 Å². The minimum absolute atomic E-state index is 0.0662. The number of hydrogen-bond donors (Lipinski definition) is 3. The summed E-state index contributed by atoms with van der Waals surface area (Å²) in [5.74, 6) is -2.49. The van der Waals surface area contributed by atoms with Gasteiger partial charge in [-0.25, -0.2) is 4.79 Å². The number of amides is 2. The number of likely N-dealkylation sites (tertiary alicyclic amines) is 1. The lowest BCUT2D eigenvalue weighted by Gasteiger charge is -2.36. The Morgan fingerprint density at radius 1 is 1.21 bits per heavy atom. The van der Waals surface area contributed by atoms with E-state index in [1.807, 2.05) is 6.92 Å². The standard InChI is InChI=1S/C11H18N2O6/c1-7-2-3-12(4-8(7)14)11(19)13(5-9(15)16)6-10(17)18/h7-8,14H,2-6H2,1H3,(H,15,16)(H,17,18). The van der Waals surface area contributed by atoms with Crippen LogP contribution in [0.2, 0.25) is 0 Å². The van der Waals surface area contributed by atoms with Crippen LogP contribution in [0.15, 0.2) is 0 Å². The van der Waals surface area contributed by atoms with Gasteiger partial charge in [0.1, 0.15) is 13.1 Å². The number of carbonyl (C=O) groups is 3. The predicted molar refractivity (Wildman–Crippen MR) is 63.6 cm³/mol. The third-order valence-corrected chi connectivity index (χ3v) is 3.11. The summed E-state index contributed by atoms with van der Waals surface area (Å²) in [6, 6.07) is -0.671. The minimum Gasteiger partial charge on any atom is -0.480 e. The van der Waals surface area contributed by atoms with E-state index in [1.54, 1.807) is 0 Å². The molecule has 1 saturated heterocycles. The molecule has 1 heterocycles. The Morgan fingerprint density at radius 3 is 2.16 bits per heavy atom. The topological polar surface area (TPSA) is 118 Å². The van der Waals surface area contributed by atoms with Crippen LogP contribution in [-0.2, 0) is 9.59 Å². The number of aliphatic carboxylic acids is 2. The second-order valence-electron chi connectivity index (χ2n) is 4.71. The Hall–Kier alpha value is -1.83. The lowest BCUT2D eigenvalue weighted by molar-refractivity contribution is -0.140. The summed E-state index contributed by atoms with van der Waals surface area (Å²) in [5.41, 5.74) is 0. The molecule has 108 valence electrons. The molecule has 1 aliphatic rings. The lowest BCUT2D eigenvalue weighted by Crippen LogP contribution is -2.53. The van der Waals surface area contributed by atoms with Crippen molar-refractivity contribution < 1.29 is 29.7 Å². The molecule has 0 spiro atoms. The minimum atomic E-state index is -1.28. The summed E-state index contributed by atoms with van der Waals surface area (Å²) < 4.78 is 0. The third-order valence-electron chi connectivity index (χ3n) is 3.11. The van der Waals surface area contributed by atoms with E-state index in [0.29, 0.717) is 13.0 Å². The van der Waals surface area contributed by atoms with Crippen molar-refractivity contribution in [3.05, 3.63) is 0 Å². The summed E-state index contributed by atoms with van der Waals surface area (Å²) >= 11 is 0. The van der Waals surface area contributed by atoms with Gasteiger partial charge in [0.15, 0.2) is 0 Å². The fraction of sp³-hybridized carbons (Fsp3) is 0.727. The molecular weight excluding hydrogens is 256 g/mol. The fourth-order valence-electron chi connectivity index (χ4n) is 1.94. The highest BCUT2D eigenvalue weighted by Crippen LogP contribution is 2.18. The Balaban J connectivity index is 2.70. The molecule has 1 aliphatic heterocycles. The molecule has 0 aromatic heterocycles. The van der Waals surface area contributed by atoms with Gasteiger partial charge in [-0.05, 0) is 12.3 Å². The number of β-amino-alcohol motifs (C(OH)–C–C–N with tert-alkyl or cyclic N) is 1. The van der Waals surface area contributed by atoms with E-state index in [-0.39, 0.29) is 12.5 Å². The van der Waals surface area contributed by atoms with Crippen molar-refractivity contribution in [1.82, 2.24) is 9.80 Å². The van der Waals surface area contributed by atoms with Gasteiger partial charge in [0.05, 0.1) is 6.10 Å². The van der Waals surface area contributed by atoms with Crippen molar-refractivity contribution in [3.63, 3.8) is 0 Å². The van der Waals surface area contributed by atoms with Crippen LogP contribution in [0.4, 0.5) is 4.79 Å². The van der Waals surface area contributed by atoms with Crippen LogP contribution >= 0.6 is 0 Å². The summed E-state index contributed by atoms with van der Waals surface area (Å²) in [5, 5.41) is 27.1. The first-order valence-electron chi connectivity index (χ1n) is 5.96. The van der Waals surface area contributed by atoms with Crippen LogP contribution < -0.4 is 0 Å². The second-order valence-corrected chi connectivity index (χ2v) is 4.71. The summed E-state index contributed by atoms with van der Waals surface area (Å²) in [6.45, 7) is 0.988. The van der Waals surface area contributed by atoms with Gasteiger partial charge in [-0.1, -0.05) is 6.92 Å². The van der Waals surface area contributed by atoms with E-state index < -0.39 is 37.2 Å². The Kier molecular flexibility index (Phi) is 5.11. The van der Waals surface area contributed by atoms with Gasteiger partial charge in [0, 0.05) is 13.1 Å². The monoisotopic (exact) mass is 274 g/mol. The number of carboxylic acids is 2. The van der Waals surface area contributed by atoms with Crippen molar-refractivity contribution in [2.24, 2.45) is 5.92 Å². The molecular formula is C11H18N2O6. The Bertz CT molecular complexity index is 356. The second kappa shape index (κ2) is 6.37. The van der Waals surface area contributed by atoms with Crippen LogP contribution in [-0.4, -0.2) is 75.4 Å². The van der Waals surface area contributed by atoms with Gasteiger partial charge in [-0.2, -0.15) is 0 Å². The molecule has 8 nitrogen and oxygen atoms in total. The number of aliphatic hydroxyl groups is 1. The summed E-state index contributed by atoms with van der Waals surface area (Å²) in [7, 11) is 0. The number of urea groups is 1. The molecule has 1 rings (SSSR count). The van der Waals surface area contributed by atoms with Crippen LogP contribution in [0.3, 0.4) is 0 Å². The summed E-state index contributed by atoms with van der Waals surface area (Å²) in [4.78, 5) is 35.3. The van der Waals surface area contributed by atoms with Crippen molar-refractivity contribution in [1.29, 1.82) is 0 Å². The fourth-order valence-corrected chi connectivity index (χ4v) is 1.94. The number of piperidine rings is 1. The van der Waals surface area contributed by atoms with Gasteiger partial charge in [0.2, 0.25) is 0 Å². The quantitative estimate of drug-likeness (QED) is 0.622. The van der Waals surface area contributed by atoms with Crippen LogP contribution in [0.5, 0.6) is 0 Å². The van der Waals surface area contributed by atoms with E-state index >= 15 is 0 Å². The van der Waals surface area contributed by atoms with Crippen molar-refractivity contribution in [3.8, 4) is 0 Å². The highest BCUT2D eigenvalue weighted by molar-refractivity contribution is 5.84. The van der Waals surface area contributed by atoms with Crippen LogP contribution in [0.1, 0.15) is 13.3 Å². The van der Waals surface area contributed by atoms with Crippen molar-refractivity contribution in [2.75, 3.05) is 26.2 Å². The number of rotatable bonds is 4. The molecule has 8 heteroatoms. The first-order valence-corrected chi connectivity index (χ1v) is 5.96. The zero-order valence-corrected chi connectivity index (χ0v) is 10.7. The molecule has 0 aromatic rings. The maximum Gasteiger partial charge on any atom is 0.323 e. The highest BCUT2D eigenvalue weighted by atomic mass is 16.4. The highest BCUT2D eigenvalue weighted by Gasteiger charge is 2.31. The van der Waals surface area contributed by atoms with E-state index in [0.717, 1.165) is 4.90 Å². The van der Waals surface area contributed by atoms with Gasteiger partial charge in [-0.3, -0.25) is 9.59 Å². The molecule has 1 fully saturated rings. The first-order chi connectivity index (χ1) is 8.81. The average molecular weight is 274 g/mol. The van der Waals surface area contributed by atoms with Gasteiger partial charge in [0.25, 0.3) is 0 Å². The average Bonchev–Trinajstić information content (AvgIpc) is 2.29. The molecule has 19 heavy (non-hydrogen) atoms. The largest absolute Gasteiger partial charge is 0.480 e. The van der Waals surface area contributed by atoms with E-state index in [9.17, 15) is 19.5 Å². The molecule has 0 aromatic carbocycles. The molecule has 0 saturated carbocycles. The molecule has 2 amide bonds. The van der Waals surface area contributed by atoms with Gasteiger partial charge >= 0.3 is 18.0 Å². The zero-order valence-electron chi connectivity index (χ0n) is 10.7. The molecule has 3 N–H and O–H groups in total. The maximum atomic E-state index is 12.0. The lowest BCUT2D eigenvalue weighted by atomic mass is 9.96. The van der Waals surface area contributed by atoms with Gasteiger partial charge in [-0.15, -0.1) is 0 Å². The molecule has 2 atom stereocenters. The Labute approximate surface area is 110 Å². The maximum absolute atomic E-state index is 12.0. The van der Waals surface area contributed by atoms with E-state index in [4.69, 9.17) is 10.2 Å². The number of aliphatic hydroxyl groups excluding tert-OH is 1. The molecule has 0 radical (unpaired) electrons. The normalized spacial score (nSPS) is 22.9. The molecule has 0 bridgehead atoms. The predicted octanol–water partition coefficient (Wildman–Crippen LogP) is -0.720. The van der Waals surface area contributed by atoms with Crippen LogP contribution in [0.25, 0.3) is 0 Å². The number of carboxylic acid groups (broad SMARTS) is 2. The van der Waals surface area contributed by atoms with E-state index in [2.05, 4.69) is 0 Å². The zero-order chi connectivity index (χ0) is 14.6.